The van der Waals surface area contributed by atoms with Crippen LogP contribution >= 0.6 is 0 Å². The van der Waals surface area contributed by atoms with Crippen molar-refractivity contribution in [1.29, 1.82) is 0 Å². The normalized spacial score (nSPS) is 43.6. The zero-order valence-electron chi connectivity index (χ0n) is 11.3. The Morgan fingerprint density at radius 3 is 2.87 bits per heavy atom. The van der Waals surface area contributed by atoms with Gasteiger partial charge in [-0.25, -0.2) is 0 Å². The lowest BCUT2D eigenvalue weighted by atomic mass is 10.1. The standard InChI is InChI=1S/C9H18O6/c1-12-4-6-7(14-3)8(10)9(11,15-6)5-13-2/h6-8,10-11H,4-5H2,1-3H3/t6-,7-,8+,9?/m1/s1/i1D,2D,3D. The van der Waals surface area contributed by atoms with E-state index < -0.39 is 31.2 Å². The first kappa shape index (κ1) is 8.86. The molecule has 0 aliphatic carbocycles. The van der Waals surface area contributed by atoms with E-state index in [1.807, 2.05) is 0 Å². The number of aliphatic hydroxyl groups excluding tert-OH is 1. The molecule has 1 saturated heterocycles. The van der Waals surface area contributed by atoms with Gasteiger partial charge in [0.1, 0.15) is 24.9 Å². The van der Waals surface area contributed by atoms with Gasteiger partial charge in [0.05, 0.1) is 10.7 Å². The van der Waals surface area contributed by atoms with Crippen LogP contribution in [0, 0.1) is 0 Å². The van der Waals surface area contributed by atoms with Crippen molar-refractivity contribution in [1.82, 2.24) is 0 Å². The number of hydrogen-bond donors (Lipinski definition) is 2. The quantitative estimate of drug-likeness (QED) is 0.608. The second kappa shape index (κ2) is 5.20. The maximum absolute atomic E-state index is 10.0. The molecule has 0 aromatic carbocycles. The van der Waals surface area contributed by atoms with Crippen LogP contribution in [0.25, 0.3) is 0 Å². The van der Waals surface area contributed by atoms with Crippen LogP contribution in [0.1, 0.15) is 4.11 Å². The van der Waals surface area contributed by atoms with Crippen LogP contribution in [0.3, 0.4) is 0 Å². The van der Waals surface area contributed by atoms with Crippen molar-refractivity contribution in [3.63, 3.8) is 0 Å². The minimum atomic E-state index is -1.99. The summed E-state index contributed by atoms with van der Waals surface area (Å²) in [5.74, 6) is -1.99. The molecule has 1 heterocycles. The van der Waals surface area contributed by atoms with E-state index in [0.717, 1.165) is 0 Å². The fourth-order valence-corrected chi connectivity index (χ4v) is 1.57. The lowest BCUT2D eigenvalue weighted by Gasteiger charge is -2.25. The van der Waals surface area contributed by atoms with Gasteiger partial charge >= 0.3 is 0 Å². The van der Waals surface area contributed by atoms with Crippen molar-refractivity contribution in [2.24, 2.45) is 0 Å². The van der Waals surface area contributed by atoms with Crippen LogP contribution < -0.4 is 0 Å². The molecule has 1 fully saturated rings. The molecule has 2 N–H and O–H groups in total. The van der Waals surface area contributed by atoms with Gasteiger partial charge in [0, 0.05) is 21.3 Å². The molecule has 0 bridgehead atoms. The summed E-state index contributed by atoms with van der Waals surface area (Å²) in [5, 5.41) is 19.9. The van der Waals surface area contributed by atoms with Gasteiger partial charge in [-0.2, -0.15) is 0 Å². The van der Waals surface area contributed by atoms with Crippen molar-refractivity contribution < 1.29 is 33.3 Å². The van der Waals surface area contributed by atoms with Crippen LogP contribution in [0.5, 0.6) is 0 Å². The molecule has 1 aliphatic heterocycles. The van der Waals surface area contributed by atoms with Crippen LogP contribution in [0.15, 0.2) is 0 Å². The van der Waals surface area contributed by atoms with Gasteiger partial charge in [0.15, 0.2) is 0 Å². The van der Waals surface area contributed by atoms with E-state index in [2.05, 4.69) is 0 Å². The number of rotatable bonds is 5. The van der Waals surface area contributed by atoms with Crippen molar-refractivity contribution in [2.45, 2.75) is 24.1 Å². The molecule has 0 saturated carbocycles. The Hall–Kier alpha value is -0.240. The molecule has 0 aromatic rings. The van der Waals surface area contributed by atoms with E-state index in [0.29, 0.717) is 0 Å². The van der Waals surface area contributed by atoms with Gasteiger partial charge in [-0.3, -0.25) is 0 Å². The summed E-state index contributed by atoms with van der Waals surface area (Å²) in [5.41, 5.74) is 0. The van der Waals surface area contributed by atoms with E-state index in [4.69, 9.17) is 23.1 Å². The van der Waals surface area contributed by atoms with Gasteiger partial charge < -0.3 is 29.2 Å². The lowest BCUT2D eigenvalue weighted by Crippen LogP contribution is -2.47. The number of aliphatic hydroxyl groups is 2. The van der Waals surface area contributed by atoms with Gasteiger partial charge in [0.25, 0.3) is 0 Å². The highest BCUT2D eigenvalue weighted by Crippen LogP contribution is 2.31. The van der Waals surface area contributed by atoms with E-state index in [-0.39, 0.29) is 27.4 Å². The van der Waals surface area contributed by atoms with Gasteiger partial charge in [0.2, 0.25) is 5.79 Å². The third kappa shape index (κ3) is 2.47. The summed E-state index contributed by atoms with van der Waals surface area (Å²) in [6.45, 7) is -0.429. The van der Waals surface area contributed by atoms with Crippen molar-refractivity contribution in [2.75, 3.05) is 34.5 Å². The Morgan fingerprint density at radius 2 is 2.20 bits per heavy atom. The Kier molecular flexibility index (Phi) is 3.07. The summed E-state index contributed by atoms with van der Waals surface area (Å²) in [4.78, 5) is 0. The molecule has 1 rings (SSSR count). The van der Waals surface area contributed by atoms with Crippen LogP contribution in [0.2, 0.25) is 0 Å². The Morgan fingerprint density at radius 1 is 1.40 bits per heavy atom. The van der Waals surface area contributed by atoms with E-state index in [9.17, 15) is 10.2 Å². The molecule has 0 radical (unpaired) electrons. The molecule has 0 spiro atoms. The van der Waals surface area contributed by atoms with Crippen molar-refractivity contribution >= 4 is 0 Å². The average molecular weight is 225 g/mol. The first-order valence-corrected chi connectivity index (χ1v) is 4.32. The second-order valence-electron chi connectivity index (χ2n) is 3.30. The van der Waals surface area contributed by atoms with Gasteiger partial charge in [-0.1, -0.05) is 0 Å². The topological polar surface area (TPSA) is 77.4 Å². The first-order chi connectivity index (χ1) is 8.59. The smallest absolute Gasteiger partial charge is 0.219 e. The Balaban J connectivity index is 2.67. The molecule has 1 aliphatic rings. The van der Waals surface area contributed by atoms with Crippen molar-refractivity contribution in [3.05, 3.63) is 0 Å². The molecular weight excluding hydrogens is 204 g/mol. The highest BCUT2D eigenvalue weighted by molar-refractivity contribution is 4.96. The zero-order valence-corrected chi connectivity index (χ0v) is 8.30. The molecule has 0 amide bonds. The fraction of sp³-hybridized carbons (Fsp3) is 1.00. The van der Waals surface area contributed by atoms with Crippen LogP contribution in [0.4, 0.5) is 0 Å². The number of ether oxygens (including phenoxy) is 4. The summed E-state index contributed by atoms with van der Waals surface area (Å²) < 4.78 is 40.4. The first-order valence-electron chi connectivity index (χ1n) is 6.44. The molecule has 6 heteroatoms. The molecule has 0 aromatic heterocycles. The van der Waals surface area contributed by atoms with Gasteiger partial charge in [-0.15, -0.1) is 0 Å². The summed E-state index contributed by atoms with van der Waals surface area (Å²) >= 11 is 0. The molecule has 90 valence electrons. The largest absolute Gasteiger partial charge is 0.385 e. The monoisotopic (exact) mass is 225 g/mol. The van der Waals surface area contributed by atoms with Gasteiger partial charge in [-0.05, 0) is 0 Å². The van der Waals surface area contributed by atoms with E-state index in [1.54, 1.807) is 0 Å². The zero-order chi connectivity index (χ0) is 13.6. The minimum Gasteiger partial charge on any atom is -0.385 e. The molecule has 1 unspecified atom stereocenters. The highest BCUT2D eigenvalue weighted by atomic mass is 16.7. The summed E-state index contributed by atoms with van der Waals surface area (Å²) in [6, 6.07) is 0. The molecule has 15 heavy (non-hydrogen) atoms. The third-order valence-electron chi connectivity index (χ3n) is 2.28. The maximum Gasteiger partial charge on any atom is 0.219 e. The highest BCUT2D eigenvalue weighted by Gasteiger charge is 2.54. The number of methoxy groups -OCH3 is 3. The van der Waals surface area contributed by atoms with E-state index in [1.165, 1.54) is 0 Å². The maximum atomic E-state index is 10.0. The minimum absolute atomic E-state index is 0.0472. The SMILES string of the molecule is [2H]COC[C@H]1OC(O)(COC[2H])[C@@H](O)[C@@H]1OC[2H]. The van der Waals surface area contributed by atoms with Crippen LogP contribution in [-0.4, -0.2) is 68.8 Å². The number of hydrogen-bond acceptors (Lipinski definition) is 6. The van der Waals surface area contributed by atoms with E-state index >= 15 is 0 Å². The second-order valence-corrected chi connectivity index (χ2v) is 3.30. The fourth-order valence-electron chi connectivity index (χ4n) is 1.57. The molecule has 4 atom stereocenters. The predicted octanol–water partition coefficient (Wildman–Crippen LogP) is -1.26. The Labute approximate surface area is 92.9 Å². The predicted molar refractivity (Wildman–Crippen MR) is 50.4 cm³/mol. The molecular formula is C9H18O6. The molecule has 6 nitrogen and oxygen atoms in total. The summed E-state index contributed by atoms with van der Waals surface area (Å²) in [7, 11) is -1.07. The van der Waals surface area contributed by atoms with Crippen LogP contribution in [-0.2, 0) is 18.9 Å². The lowest BCUT2D eigenvalue weighted by molar-refractivity contribution is -0.252. The average Bonchev–Trinajstić information content (AvgIpc) is 2.59. The van der Waals surface area contributed by atoms with Crippen molar-refractivity contribution in [3.8, 4) is 0 Å². The summed E-state index contributed by atoms with van der Waals surface area (Å²) in [6.07, 6.45) is -3.14. The third-order valence-corrected chi connectivity index (χ3v) is 2.28. The Bertz CT molecular complexity index is 246.